The molecule has 0 bridgehead atoms. The molecule has 9 heavy (non-hydrogen) atoms. The largest absolute Gasteiger partial charge is 0.422 e. The van der Waals surface area contributed by atoms with E-state index in [1.165, 1.54) is 7.05 Å². The molecule has 0 aliphatic carbocycles. The minimum absolute atomic E-state index is 0.294. The summed E-state index contributed by atoms with van der Waals surface area (Å²) in [6.07, 6.45) is 0. The van der Waals surface area contributed by atoms with Gasteiger partial charge in [-0.3, -0.25) is 0 Å². The highest BCUT2D eigenvalue weighted by Gasteiger charge is 2.02. The molecule has 0 aromatic carbocycles. The molecule has 0 unspecified atom stereocenters. The van der Waals surface area contributed by atoms with Crippen molar-refractivity contribution in [3.05, 3.63) is 16.3 Å². The molecule has 0 atom stereocenters. The van der Waals surface area contributed by atoms with Crippen LogP contribution in [0, 0.1) is 6.92 Å². The Kier molecular flexibility index (Phi) is 1.05. The molecule has 1 aromatic heterocycles. The summed E-state index contributed by atoms with van der Waals surface area (Å²) < 4.78 is 1.56. The van der Waals surface area contributed by atoms with Crippen molar-refractivity contribution in [1.29, 1.82) is 0 Å². The summed E-state index contributed by atoms with van der Waals surface area (Å²) in [4.78, 5) is 10.6. The van der Waals surface area contributed by atoms with Gasteiger partial charge in [0.05, 0.1) is 0 Å². The molecule has 1 rings (SSSR count). The quantitative estimate of drug-likeness (QED) is 0.463. The van der Waals surface area contributed by atoms with Gasteiger partial charge < -0.3 is 5.21 Å². The van der Waals surface area contributed by atoms with Crippen LogP contribution in [-0.2, 0) is 7.05 Å². The minimum atomic E-state index is -0.521. The van der Waals surface area contributed by atoms with Crippen LogP contribution in [0.4, 0.5) is 0 Å². The minimum Gasteiger partial charge on any atom is -0.422 e. The van der Waals surface area contributed by atoms with E-state index in [-0.39, 0.29) is 0 Å². The number of hydrogen-bond acceptors (Lipinski definition) is 3. The van der Waals surface area contributed by atoms with E-state index in [2.05, 4.69) is 5.10 Å². The summed E-state index contributed by atoms with van der Waals surface area (Å²) in [5, 5.41) is 12.4. The molecule has 0 aliphatic heterocycles. The molecule has 0 aliphatic rings. The lowest BCUT2D eigenvalue weighted by Crippen LogP contribution is -2.20. The van der Waals surface area contributed by atoms with E-state index < -0.39 is 5.69 Å². The summed E-state index contributed by atoms with van der Waals surface area (Å²) in [5.74, 6) is 0.294. The Balaban J connectivity index is 3.48. The van der Waals surface area contributed by atoms with Crippen molar-refractivity contribution in [3.63, 3.8) is 0 Å². The van der Waals surface area contributed by atoms with Gasteiger partial charge in [-0.2, -0.15) is 5.10 Å². The first-order valence-electron chi connectivity index (χ1n) is 2.45. The van der Waals surface area contributed by atoms with Gasteiger partial charge in [0.25, 0.3) is 0 Å². The van der Waals surface area contributed by atoms with E-state index in [4.69, 9.17) is 5.21 Å². The number of aromatic nitrogens is 3. The number of hydrogen-bond donors (Lipinski definition) is 1. The summed E-state index contributed by atoms with van der Waals surface area (Å²) in [6.45, 7) is 1.54. The zero-order chi connectivity index (χ0) is 7.02. The molecule has 5 heteroatoms. The average molecular weight is 129 g/mol. The fourth-order valence-corrected chi connectivity index (χ4v) is 0.578. The zero-order valence-corrected chi connectivity index (χ0v) is 5.20. The monoisotopic (exact) mass is 129 g/mol. The molecule has 0 amide bonds. The molecule has 1 heterocycles. The van der Waals surface area contributed by atoms with Crippen molar-refractivity contribution in [2.45, 2.75) is 6.92 Å². The molecule has 0 fully saturated rings. The van der Waals surface area contributed by atoms with E-state index in [0.29, 0.717) is 10.6 Å². The number of aryl methyl sites for hydroxylation is 2. The second-order valence-corrected chi connectivity index (χ2v) is 1.77. The van der Waals surface area contributed by atoms with Crippen LogP contribution in [0.5, 0.6) is 0 Å². The third-order valence-corrected chi connectivity index (χ3v) is 1.06. The van der Waals surface area contributed by atoms with Gasteiger partial charge in [0.1, 0.15) is 0 Å². The van der Waals surface area contributed by atoms with Crippen LogP contribution in [0.25, 0.3) is 0 Å². The van der Waals surface area contributed by atoms with Crippen LogP contribution in [0.3, 0.4) is 0 Å². The van der Waals surface area contributed by atoms with E-state index >= 15 is 0 Å². The van der Waals surface area contributed by atoms with Gasteiger partial charge in [0.2, 0.25) is 0 Å². The lowest BCUT2D eigenvalue weighted by molar-refractivity contribution is 0.167. The van der Waals surface area contributed by atoms with Gasteiger partial charge in [-0.1, -0.05) is 0 Å². The second kappa shape index (κ2) is 1.61. The number of rotatable bonds is 0. The van der Waals surface area contributed by atoms with Gasteiger partial charge >= 0.3 is 5.69 Å². The van der Waals surface area contributed by atoms with Crippen molar-refractivity contribution in [2.24, 2.45) is 7.05 Å². The Morgan fingerprint density at radius 3 is 2.33 bits per heavy atom. The molecule has 1 aromatic rings. The predicted octanol–water partition coefficient (Wildman–Crippen LogP) is -0.872. The highest BCUT2D eigenvalue weighted by Crippen LogP contribution is 1.80. The van der Waals surface area contributed by atoms with Crippen molar-refractivity contribution in [1.82, 2.24) is 14.5 Å². The van der Waals surface area contributed by atoms with Crippen LogP contribution >= 0.6 is 0 Å². The average Bonchev–Trinajstić information content (AvgIpc) is 1.98. The maximum Gasteiger partial charge on any atom is 0.378 e. The van der Waals surface area contributed by atoms with Crippen LogP contribution in [0.15, 0.2) is 4.79 Å². The van der Waals surface area contributed by atoms with Crippen molar-refractivity contribution in [2.75, 3.05) is 0 Å². The SMILES string of the molecule is Cc1nn(C)c(=O)n1O. The summed E-state index contributed by atoms with van der Waals surface area (Å²) in [5.41, 5.74) is -0.521. The first kappa shape index (κ1) is 5.87. The Bertz CT molecular complexity index is 272. The smallest absolute Gasteiger partial charge is 0.378 e. The highest BCUT2D eigenvalue weighted by molar-refractivity contribution is 4.77. The molecule has 0 radical (unpaired) electrons. The molecular weight excluding hydrogens is 122 g/mol. The standard InChI is InChI=1S/C4H7N3O2/c1-3-5-6(2)4(8)7(3)9/h9H,1-2H3. The van der Waals surface area contributed by atoms with Gasteiger partial charge in [0, 0.05) is 7.05 Å². The Morgan fingerprint density at radius 2 is 2.22 bits per heavy atom. The lowest BCUT2D eigenvalue weighted by atomic mass is 10.7. The first-order valence-corrected chi connectivity index (χ1v) is 2.45. The van der Waals surface area contributed by atoms with Crippen molar-refractivity contribution >= 4 is 0 Å². The van der Waals surface area contributed by atoms with E-state index in [0.717, 1.165) is 4.68 Å². The summed E-state index contributed by atoms with van der Waals surface area (Å²) in [7, 11) is 1.47. The van der Waals surface area contributed by atoms with Crippen LogP contribution < -0.4 is 5.69 Å². The zero-order valence-electron chi connectivity index (χ0n) is 5.20. The fraction of sp³-hybridized carbons (Fsp3) is 0.500. The van der Waals surface area contributed by atoms with Crippen LogP contribution in [-0.4, -0.2) is 19.7 Å². The first-order chi connectivity index (χ1) is 4.13. The van der Waals surface area contributed by atoms with E-state index in [1.54, 1.807) is 6.92 Å². The van der Waals surface area contributed by atoms with Gasteiger partial charge in [-0.15, -0.1) is 4.73 Å². The third kappa shape index (κ3) is 0.697. The normalized spacial score (nSPS) is 10.0. The van der Waals surface area contributed by atoms with Crippen molar-refractivity contribution < 1.29 is 5.21 Å². The Morgan fingerprint density at radius 1 is 1.67 bits per heavy atom. The molecular formula is C4H7N3O2. The Hall–Kier alpha value is -1.26. The summed E-state index contributed by atoms with van der Waals surface area (Å²) >= 11 is 0. The lowest BCUT2D eigenvalue weighted by Gasteiger charge is -1.83. The Labute approximate surface area is 51.1 Å². The molecule has 5 nitrogen and oxygen atoms in total. The molecule has 0 saturated heterocycles. The fourth-order valence-electron chi connectivity index (χ4n) is 0.578. The molecule has 0 saturated carbocycles. The summed E-state index contributed by atoms with van der Waals surface area (Å²) in [6, 6.07) is 0. The molecule has 0 spiro atoms. The predicted molar refractivity (Wildman–Crippen MR) is 29.4 cm³/mol. The maximum absolute atomic E-state index is 10.6. The van der Waals surface area contributed by atoms with Crippen LogP contribution in [0.1, 0.15) is 5.82 Å². The van der Waals surface area contributed by atoms with E-state index in [1.807, 2.05) is 0 Å². The molecule has 50 valence electrons. The third-order valence-electron chi connectivity index (χ3n) is 1.06. The number of nitrogens with zero attached hydrogens (tertiary/aromatic N) is 3. The highest BCUT2D eigenvalue weighted by atomic mass is 16.5. The van der Waals surface area contributed by atoms with Gasteiger partial charge in [-0.05, 0) is 6.92 Å². The van der Waals surface area contributed by atoms with Crippen LogP contribution in [0.2, 0.25) is 0 Å². The maximum atomic E-state index is 10.6. The molecule has 1 N–H and O–H groups in total. The van der Waals surface area contributed by atoms with E-state index in [9.17, 15) is 4.79 Å². The topological polar surface area (TPSA) is 60.0 Å². The van der Waals surface area contributed by atoms with Crippen molar-refractivity contribution in [3.8, 4) is 0 Å². The second-order valence-electron chi connectivity index (χ2n) is 1.77. The van der Waals surface area contributed by atoms with Gasteiger partial charge in [-0.25, -0.2) is 9.48 Å². The van der Waals surface area contributed by atoms with Gasteiger partial charge in [0.15, 0.2) is 5.82 Å².